The Labute approximate surface area is 95.3 Å². The normalized spacial score (nSPS) is 17.4. The predicted octanol–water partition coefficient (Wildman–Crippen LogP) is 2.42. The van der Waals surface area contributed by atoms with Crippen molar-refractivity contribution in [2.75, 3.05) is 5.32 Å². The molecule has 0 amide bonds. The summed E-state index contributed by atoms with van der Waals surface area (Å²) in [5.74, 6) is 0. The van der Waals surface area contributed by atoms with E-state index in [1.807, 2.05) is 0 Å². The van der Waals surface area contributed by atoms with Gasteiger partial charge in [-0.05, 0) is 17.2 Å². The maximum absolute atomic E-state index is 12.8. The Kier molecular flexibility index (Phi) is 2.99. The van der Waals surface area contributed by atoms with E-state index in [0.29, 0.717) is 11.1 Å². The number of hydrogen-bond acceptors (Lipinski definition) is 2. The highest BCUT2D eigenvalue weighted by Gasteiger charge is 2.52. The molecule has 2 rings (SSSR count). The smallest absolute Gasteiger partial charge is 0.267 e. The van der Waals surface area contributed by atoms with Crippen LogP contribution < -0.4 is 5.32 Å². The molecule has 94 valence electrons. The standard InChI is InChI=1S/C11H11F4NO/c12-9(13)11(10(14)15)4-7-3-6(5-17)1-2-8(7)16-11/h1-3,9-10,16-17H,4-5H2. The van der Waals surface area contributed by atoms with E-state index in [0.717, 1.165) is 0 Å². The average molecular weight is 249 g/mol. The minimum atomic E-state index is -3.16. The Morgan fingerprint density at radius 1 is 1.24 bits per heavy atom. The summed E-state index contributed by atoms with van der Waals surface area (Å²) >= 11 is 0. The number of anilines is 1. The molecule has 6 heteroatoms. The van der Waals surface area contributed by atoms with Gasteiger partial charge in [-0.1, -0.05) is 12.1 Å². The van der Waals surface area contributed by atoms with Gasteiger partial charge in [0.05, 0.1) is 6.61 Å². The second-order valence-electron chi connectivity index (χ2n) is 4.09. The number of aliphatic hydroxyl groups is 1. The molecule has 0 unspecified atom stereocenters. The van der Waals surface area contributed by atoms with Crippen molar-refractivity contribution in [1.29, 1.82) is 0 Å². The van der Waals surface area contributed by atoms with Crippen LogP contribution in [0.4, 0.5) is 23.2 Å². The van der Waals surface area contributed by atoms with Crippen LogP contribution >= 0.6 is 0 Å². The third kappa shape index (κ3) is 1.86. The highest BCUT2D eigenvalue weighted by atomic mass is 19.3. The van der Waals surface area contributed by atoms with Crippen molar-refractivity contribution in [2.45, 2.75) is 31.4 Å². The van der Waals surface area contributed by atoms with Crippen molar-refractivity contribution in [1.82, 2.24) is 0 Å². The van der Waals surface area contributed by atoms with Crippen LogP contribution in [0.2, 0.25) is 0 Å². The van der Waals surface area contributed by atoms with Crippen LogP contribution in [0.1, 0.15) is 11.1 Å². The fourth-order valence-corrected chi connectivity index (χ4v) is 1.98. The van der Waals surface area contributed by atoms with Crippen LogP contribution in [0, 0.1) is 0 Å². The van der Waals surface area contributed by atoms with Crippen molar-refractivity contribution in [3.05, 3.63) is 29.3 Å². The molecule has 0 spiro atoms. The monoisotopic (exact) mass is 249 g/mol. The Hall–Kier alpha value is -1.30. The summed E-state index contributed by atoms with van der Waals surface area (Å²) in [6.45, 7) is -0.246. The van der Waals surface area contributed by atoms with Crippen molar-refractivity contribution in [3.63, 3.8) is 0 Å². The van der Waals surface area contributed by atoms with Crippen LogP contribution in [-0.4, -0.2) is 23.5 Å². The molecule has 2 nitrogen and oxygen atoms in total. The summed E-state index contributed by atoms with van der Waals surface area (Å²) in [6.07, 6.45) is -6.76. The minimum absolute atomic E-state index is 0.246. The van der Waals surface area contributed by atoms with E-state index in [1.54, 1.807) is 0 Å². The Morgan fingerprint density at radius 3 is 2.41 bits per heavy atom. The quantitative estimate of drug-likeness (QED) is 0.806. The van der Waals surface area contributed by atoms with Gasteiger partial charge < -0.3 is 10.4 Å². The molecule has 0 fully saturated rings. The first-order chi connectivity index (χ1) is 7.99. The molecule has 0 atom stereocenters. The summed E-state index contributed by atoms with van der Waals surface area (Å²) in [5.41, 5.74) is -1.32. The fourth-order valence-electron chi connectivity index (χ4n) is 1.98. The maximum Gasteiger partial charge on any atom is 0.267 e. The first-order valence-electron chi connectivity index (χ1n) is 5.07. The molecule has 0 bridgehead atoms. The van der Waals surface area contributed by atoms with Gasteiger partial charge in [-0.2, -0.15) is 0 Å². The van der Waals surface area contributed by atoms with Gasteiger partial charge >= 0.3 is 0 Å². The van der Waals surface area contributed by atoms with Gasteiger partial charge in [0, 0.05) is 12.1 Å². The van der Waals surface area contributed by atoms with E-state index in [-0.39, 0.29) is 12.3 Å². The van der Waals surface area contributed by atoms with E-state index >= 15 is 0 Å². The van der Waals surface area contributed by atoms with Gasteiger partial charge in [-0.3, -0.25) is 0 Å². The molecular formula is C11H11F4NO. The predicted molar refractivity (Wildman–Crippen MR) is 54.4 cm³/mol. The van der Waals surface area contributed by atoms with Gasteiger partial charge in [0.25, 0.3) is 12.9 Å². The minimum Gasteiger partial charge on any atom is -0.392 e. The first kappa shape index (κ1) is 12.2. The number of alkyl halides is 4. The van der Waals surface area contributed by atoms with Gasteiger partial charge in [-0.25, -0.2) is 17.6 Å². The molecule has 1 aliphatic rings. The molecule has 1 heterocycles. The molecular weight excluding hydrogens is 238 g/mol. The first-order valence-corrected chi connectivity index (χ1v) is 5.07. The molecule has 0 saturated carbocycles. The number of halogens is 4. The number of nitrogens with one attached hydrogen (secondary N) is 1. The zero-order valence-corrected chi connectivity index (χ0v) is 8.76. The Morgan fingerprint density at radius 2 is 1.88 bits per heavy atom. The zero-order valence-electron chi connectivity index (χ0n) is 8.76. The molecule has 17 heavy (non-hydrogen) atoms. The Balaban J connectivity index is 2.36. The van der Waals surface area contributed by atoms with Crippen LogP contribution in [-0.2, 0) is 13.0 Å². The molecule has 1 aromatic carbocycles. The van der Waals surface area contributed by atoms with E-state index in [4.69, 9.17) is 5.11 Å². The zero-order chi connectivity index (χ0) is 12.6. The van der Waals surface area contributed by atoms with Gasteiger partial charge in [0.1, 0.15) is 0 Å². The number of fused-ring (bicyclic) bond motifs is 1. The van der Waals surface area contributed by atoms with Crippen LogP contribution in [0.15, 0.2) is 18.2 Å². The second-order valence-corrected chi connectivity index (χ2v) is 4.09. The van der Waals surface area contributed by atoms with Crippen molar-refractivity contribution < 1.29 is 22.7 Å². The van der Waals surface area contributed by atoms with Gasteiger partial charge in [0.15, 0.2) is 5.54 Å². The average Bonchev–Trinajstić information content (AvgIpc) is 2.68. The van der Waals surface area contributed by atoms with Crippen molar-refractivity contribution in [3.8, 4) is 0 Å². The molecule has 0 saturated heterocycles. The summed E-state index contributed by atoms with van der Waals surface area (Å²) in [4.78, 5) is 0. The van der Waals surface area contributed by atoms with Crippen LogP contribution in [0.5, 0.6) is 0 Å². The van der Waals surface area contributed by atoms with E-state index < -0.39 is 24.8 Å². The lowest BCUT2D eigenvalue weighted by Gasteiger charge is -2.27. The number of benzene rings is 1. The molecule has 1 aromatic rings. The molecule has 0 aliphatic carbocycles. The van der Waals surface area contributed by atoms with Gasteiger partial charge in [-0.15, -0.1) is 0 Å². The summed E-state index contributed by atoms with van der Waals surface area (Å²) in [5, 5.41) is 11.1. The van der Waals surface area contributed by atoms with E-state index in [1.165, 1.54) is 18.2 Å². The third-order valence-corrected chi connectivity index (χ3v) is 2.98. The highest BCUT2D eigenvalue weighted by molar-refractivity contribution is 5.60. The van der Waals surface area contributed by atoms with Crippen molar-refractivity contribution in [2.24, 2.45) is 0 Å². The summed E-state index contributed by atoms with van der Waals surface area (Å²) in [7, 11) is 0. The van der Waals surface area contributed by atoms with E-state index in [9.17, 15) is 17.6 Å². The maximum atomic E-state index is 12.8. The number of aliphatic hydroxyl groups excluding tert-OH is 1. The SMILES string of the molecule is OCc1ccc2c(c1)CC(C(F)F)(C(F)F)N2. The van der Waals surface area contributed by atoms with Gasteiger partial charge in [0.2, 0.25) is 0 Å². The molecule has 0 aromatic heterocycles. The highest BCUT2D eigenvalue weighted by Crippen LogP contribution is 2.40. The lowest BCUT2D eigenvalue weighted by Crippen LogP contribution is -2.50. The lowest BCUT2D eigenvalue weighted by atomic mass is 9.95. The van der Waals surface area contributed by atoms with E-state index in [2.05, 4.69) is 5.32 Å². The third-order valence-electron chi connectivity index (χ3n) is 2.98. The van der Waals surface area contributed by atoms with Crippen molar-refractivity contribution >= 4 is 5.69 Å². The molecule has 0 radical (unpaired) electrons. The lowest BCUT2D eigenvalue weighted by molar-refractivity contribution is -0.0328. The number of hydrogen-bond donors (Lipinski definition) is 2. The largest absolute Gasteiger partial charge is 0.392 e. The van der Waals surface area contributed by atoms with Crippen LogP contribution in [0.3, 0.4) is 0 Å². The summed E-state index contributed by atoms with van der Waals surface area (Å²) < 4.78 is 51.2. The number of rotatable bonds is 3. The Bertz CT molecular complexity index is 414. The summed E-state index contributed by atoms with van der Waals surface area (Å²) in [6, 6.07) is 4.42. The topological polar surface area (TPSA) is 32.3 Å². The molecule has 2 N–H and O–H groups in total. The molecule has 1 aliphatic heterocycles. The second kappa shape index (κ2) is 4.18. The fraction of sp³-hybridized carbons (Fsp3) is 0.455. The van der Waals surface area contributed by atoms with Crippen LogP contribution in [0.25, 0.3) is 0 Å².